The predicted molar refractivity (Wildman–Crippen MR) is 152 cm³/mol. The van der Waals surface area contributed by atoms with Crippen molar-refractivity contribution in [3.05, 3.63) is 46.6 Å². The molecule has 3 aliphatic rings. The van der Waals surface area contributed by atoms with E-state index < -0.39 is 6.10 Å². The number of hydrogen-bond donors (Lipinski definition) is 3. The van der Waals surface area contributed by atoms with Crippen molar-refractivity contribution in [2.24, 2.45) is 5.92 Å². The van der Waals surface area contributed by atoms with Crippen LogP contribution in [0, 0.1) is 5.92 Å². The molecule has 3 aromatic heterocycles. The average molecular weight is 571 g/mol. The molecule has 1 saturated heterocycles. The zero-order chi connectivity index (χ0) is 26.7. The van der Waals surface area contributed by atoms with Crippen molar-refractivity contribution in [3.8, 4) is 0 Å². The number of H-pyrrole nitrogens is 1. The van der Waals surface area contributed by atoms with Gasteiger partial charge in [0, 0.05) is 37.7 Å². The fourth-order valence-corrected chi connectivity index (χ4v) is 6.65. The van der Waals surface area contributed by atoms with Gasteiger partial charge in [-0.25, -0.2) is 15.0 Å². The number of hydrogen-bond acceptors (Lipinski definition) is 7. The quantitative estimate of drug-likeness (QED) is 0.251. The molecule has 0 amide bonds. The van der Waals surface area contributed by atoms with Gasteiger partial charge in [0.1, 0.15) is 35.9 Å². The van der Waals surface area contributed by atoms with Gasteiger partial charge in [-0.2, -0.15) is 0 Å². The van der Waals surface area contributed by atoms with Crippen molar-refractivity contribution >= 4 is 51.1 Å². The minimum Gasteiger partial charge on any atom is -0.388 e. The van der Waals surface area contributed by atoms with Gasteiger partial charge in [0.05, 0.1) is 38.6 Å². The van der Waals surface area contributed by atoms with Crippen LogP contribution in [0.4, 0.5) is 5.82 Å². The molecule has 2 saturated carbocycles. The van der Waals surface area contributed by atoms with Crippen molar-refractivity contribution in [2.45, 2.75) is 76.0 Å². The summed E-state index contributed by atoms with van der Waals surface area (Å²) in [7, 11) is 0. The van der Waals surface area contributed by atoms with Crippen molar-refractivity contribution in [1.82, 2.24) is 29.4 Å². The van der Waals surface area contributed by atoms with Gasteiger partial charge in [-0.15, -0.1) is 0 Å². The van der Waals surface area contributed by atoms with E-state index in [9.17, 15) is 5.11 Å². The third-order valence-electron chi connectivity index (χ3n) is 8.54. The van der Waals surface area contributed by atoms with E-state index >= 15 is 0 Å². The molecule has 5 atom stereocenters. The molecule has 1 aromatic carbocycles. The van der Waals surface area contributed by atoms with Crippen LogP contribution in [0.3, 0.4) is 0 Å². The minimum absolute atomic E-state index is 0.0341. The molecular formula is C28H33Cl2N7O2. The summed E-state index contributed by atoms with van der Waals surface area (Å²) in [6, 6.07) is 6.15. The van der Waals surface area contributed by atoms with Crippen LogP contribution < -0.4 is 5.32 Å². The number of nitrogens with one attached hydrogen (secondary N) is 2. The Morgan fingerprint density at radius 3 is 2.87 bits per heavy atom. The summed E-state index contributed by atoms with van der Waals surface area (Å²) in [5, 5.41) is 16.9. The number of aliphatic hydroxyl groups is 1. The van der Waals surface area contributed by atoms with Gasteiger partial charge in [0.15, 0.2) is 0 Å². The lowest BCUT2D eigenvalue weighted by molar-refractivity contribution is -0.173. The number of ether oxygens (including phenoxy) is 1. The third kappa shape index (κ3) is 4.89. The Bertz CT molecular complexity index is 1460. The number of aliphatic hydroxyl groups excluding tert-OH is 1. The molecule has 3 N–H and O–H groups in total. The van der Waals surface area contributed by atoms with Crippen molar-refractivity contribution in [2.75, 3.05) is 18.4 Å². The molecule has 4 aromatic rings. The van der Waals surface area contributed by atoms with E-state index in [1.165, 1.54) is 12.8 Å². The molecule has 0 spiro atoms. The SMILES string of the molecule is CC1O[C@@H]2[C@H](CC(n3ccc4c(NC5CC5)ncnc43)[C@@H]2O)CN1CCCCc1nc2cc(Cl)c(Cl)cc2[nH]1. The normalized spacial score (nSPS) is 27.4. The molecule has 206 valence electrons. The van der Waals surface area contributed by atoms with Gasteiger partial charge >= 0.3 is 0 Å². The first-order valence-electron chi connectivity index (χ1n) is 13.9. The van der Waals surface area contributed by atoms with Crippen molar-refractivity contribution in [1.29, 1.82) is 0 Å². The number of nitrogens with zero attached hydrogens (tertiary/aromatic N) is 5. The smallest absolute Gasteiger partial charge is 0.145 e. The van der Waals surface area contributed by atoms with Crippen LogP contribution in [0.1, 0.15) is 50.9 Å². The summed E-state index contributed by atoms with van der Waals surface area (Å²) in [4.78, 5) is 19.5. The Morgan fingerprint density at radius 2 is 2.03 bits per heavy atom. The topological polar surface area (TPSA) is 104 Å². The summed E-state index contributed by atoms with van der Waals surface area (Å²) in [5.74, 6) is 2.11. The molecule has 0 radical (unpaired) electrons. The van der Waals surface area contributed by atoms with E-state index in [-0.39, 0.29) is 24.3 Å². The molecule has 9 nitrogen and oxygen atoms in total. The van der Waals surface area contributed by atoms with E-state index in [1.54, 1.807) is 12.4 Å². The molecule has 4 heterocycles. The Labute approximate surface area is 236 Å². The fourth-order valence-electron chi connectivity index (χ4n) is 6.32. The minimum atomic E-state index is -0.569. The summed E-state index contributed by atoms with van der Waals surface area (Å²) in [5.41, 5.74) is 2.63. The Kier molecular flexibility index (Phi) is 6.67. The second-order valence-electron chi connectivity index (χ2n) is 11.3. The highest BCUT2D eigenvalue weighted by Crippen LogP contribution is 2.42. The first kappa shape index (κ1) is 25.5. The maximum absolute atomic E-state index is 11.3. The Balaban J connectivity index is 0.975. The molecule has 0 bridgehead atoms. The molecule has 7 rings (SSSR count). The summed E-state index contributed by atoms with van der Waals surface area (Å²) in [6.07, 6.45) is 9.03. The van der Waals surface area contributed by atoms with E-state index in [1.807, 2.05) is 12.3 Å². The molecule has 11 heteroatoms. The van der Waals surface area contributed by atoms with E-state index in [2.05, 4.69) is 47.7 Å². The van der Waals surface area contributed by atoms with Gasteiger partial charge in [-0.1, -0.05) is 23.2 Å². The number of unbranched alkanes of at least 4 members (excludes halogenated alkanes) is 1. The highest BCUT2D eigenvalue weighted by atomic mass is 35.5. The number of halogens is 2. The van der Waals surface area contributed by atoms with Gasteiger partial charge < -0.3 is 24.7 Å². The first-order chi connectivity index (χ1) is 18.9. The zero-order valence-electron chi connectivity index (χ0n) is 21.9. The molecule has 39 heavy (non-hydrogen) atoms. The van der Waals surface area contributed by atoms with E-state index in [0.717, 1.165) is 72.5 Å². The number of aromatic nitrogens is 5. The summed E-state index contributed by atoms with van der Waals surface area (Å²) >= 11 is 12.3. The lowest BCUT2D eigenvalue weighted by Crippen LogP contribution is -2.51. The van der Waals surface area contributed by atoms with E-state index in [0.29, 0.717) is 16.1 Å². The molecular weight excluding hydrogens is 537 g/mol. The van der Waals surface area contributed by atoms with Gasteiger partial charge in [0.25, 0.3) is 0 Å². The Morgan fingerprint density at radius 1 is 1.18 bits per heavy atom. The standard InChI is InChI=1S/C28H33Cl2N7O2/c1-15-36(8-3-2-4-24-34-21-11-19(29)20(30)12-22(21)35-24)13-16-10-23(25(38)26(16)39-15)37-9-7-18-27(33-17-5-6-17)31-14-32-28(18)37/h7,9,11-12,14-17,23,25-26,38H,2-6,8,10,13H2,1H3,(H,34,35)(H,31,32,33)/t15?,16-,23?,25+,26-/m1/s1. The van der Waals surface area contributed by atoms with E-state index in [4.69, 9.17) is 27.9 Å². The summed E-state index contributed by atoms with van der Waals surface area (Å²) < 4.78 is 8.54. The number of fused-ring (bicyclic) bond motifs is 3. The number of aromatic amines is 1. The molecule has 2 aliphatic carbocycles. The maximum atomic E-state index is 11.3. The first-order valence-corrected chi connectivity index (χ1v) is 14.7. The summed E-state index contributed by atoms with van der Waals surface area (Å²) in [6.45, 7) is 3.96. The fraction of sp³-hybridized carbons (Fsp3) is 0.536. The van der Waals surface area contributed by atoms with Crippen LogP contribution >= 0.6 is 23.2 Å². The average Bonchev–Trinajstić information content (AvgIpc) is 3.35. The van der Waals surface area contributed by atoms with Crippen molar-refractivity contribution in [3.63, 3.8) is 0 Å². The van der Waals surface area contributed by atoms with Crippen LogP contribution in [0.25, 0.3) is 22.1 Å². The van der Waals surface area contributed by atoms with Crippen LogP contribution in [0.15, 0.2) is 30.7 Å². The second-order valence-corrected chi connectivity index (χ2v) is 12.1. The van der Waals surface area contributed by atoms with Gasteiger partial charge in [-0.3, -0.25) is 4.90 Å². The molecule has 3 fully saturated rings. The van der Waals surface area contributed by atoms with Gasteiger partial charge in [-0.05, 0) is 57.2 Å². The number of aryl methyl sites for hydroxylation is 1. The molecule has 2 unspecified atom stereocenters. The number of rotatable bonds is 8. The van der Waals surface area contributed by atoms with Gasteiger partial charge in [0.2, 0.25) is 0 Å². The lowest BCUT2D eigenvalue weighted by Gasteiger charge is -2.41. The predicted octanol–water partition coefficient (Wildman–Crippen LogP) is 5.18. The molecule has 1 aliphatic heterocycles. The second kappa shape index (κ2) is 10.2. The van der Waals surface area contributed by atoms with Crippen LogP contribution in [0.5, 0.6) is 0 Å². The third-order valence-corrected chi connectivity index (χ3v) is 9.27. The Hall–Kier alpha value is -2.43. The monoisotopic (exact) mass is 569 g/mol. The highest BCUT2D eigenvalue weighted by molar-refractivity contribution is 6.42. The van der Waals surface area contributed by atoms with Crippen LogP contribution in [-0.4, -0.2) is 72.1 Å². The lowest BCUT2D eigenvalue weighted by atomic mass is 10.0. The van der Waals surface area contributed by atoms with Crippen LogP contribution in [-0.2, 0) is 11.2 Å². The number of anilines is 1. The van der Waals surface area contributed by atoms with Crippen LogP contribution in [0.2, 0.25) is 10.0 Å². The maximum Gasteiger partial charge on any atom is 0.145 e. The zero-order valence-corrected chi connectivity index (χ0v) is 23.4. The van der Waals surface area contributed by atoms with Crippen molar-refractivity contribution < 1.29 is 9.84 Å². The highest BCUT2D eigenvalue weighted by Gasteiger charge is 2.48. The number of imidazole rings is 1. The largest absolute Gasteiger partial charge is 0.388 e. The number of benzene rings is 1.